The fraction of sp³-hybridized carbons (Fsp3) is 0.464. The monoisotopic (exact) mass is 489 g/mol. The molecule has 0 aliphatic carbocycles. The van der Waals surface area contributed by atoms with Gasteiger partial charge < -0.3 is 14.5 Å². The van der Waals surface area contributed by atoms with Crippen LogP contribution in [-0.4, -0.2) is 81.4 Å². The van der Waals surface area contributed by atoms with Crippen LogP contribution in [0.15, 0.2) is 60.9 Å². The molecule has 2 aliphatic heterocycles. The first kappa shape index (κ1) is 24.5. The second kappa shape index (κ2) is 10.4. The van der Waals surface area contributed by atoms with E-state index in [-0.39, 0.29) is 18.5 Å². The summed E-state index contributed by atoms with van der Waals surface area (Å²) in [5.41, 5.74) is 0.196. The third-order valence-electron chi connectivity index (χ3n) is 7.93. The number of fused-ring (bicyclic) bond motifs is 1. The highest BCUT2D eigenvalue weighted by Crippen LogP contribution is 2.39. The Morgan fingerprint density at radius 2 is 1.81 bits per heavy atom. The molecule has 8 nitrogen and oxygen atoms in total. The SMILES string of the molecule is COCCN1C(=O)N(Cc2cccc3ccccc23)C(=O)C12CCN(C(C)CCn1cccn1)CC2. The highest BCUT2D eigenvalue weighted by Gasteiger charge is 2.57. The quantitative estimate of drug-likeness (QED) is 0.428. The van der Waals surface area contributed by atoms with Crippen LogP contribution < -0.4 is 0 Å². The lowest BCUT2D eigenvalue weighted by Gasteiger charge is -2.44. The summed E-state index contributed by atoms with van der Waals surface area (Å²) in [6.07, 6.45) is 6.05. The van der Waals surface area contributed by atoms with E-state index in [2.05, 4.69) is 35.1 Å². The molecule has 5 rings (SSSR count). The third kappa shape index (κ3) is 4.51. The summed E-state index contributed by atoms with van der Waals surface area (Å²) >= 11 is 0. The van der Waals surface area contributed by atoms with E-state index in [1.807, 2.05) is 41.2 Å². The number of rotatable bonds is 9. The molecule has 2 aliphatic rings. The number of likely N-dealkylation sites (tertiary alicyclic amines) is 1. The number of piperidine rings is 1. The zero-order valence-corrected chi connectivity index (χ0v) is 21.2. The molecule has 1 unspecified atom stereocenters. The first-order valence-corrected chi connectivity index (χ1v) is 12.8. The standard InChI is InChI=1S/C28H35N5O3/c1-22(11-16-31-15-6-14-29-31)30-17-12-28(13-18-30)26(34)32(27(35)33(28)19-20-36-2)21-24-9-5-8-23-7-3-4-10-25(23)24/h3-10,14-15,22H,11-13,16-21H2,1-2H3. The molecule has 36 heavy (non-hydrogen) atoms. The van der Waals surface area contributed by atoms with Crippen LogP contribution in [0.5, 0.6) is 0 Å². The molecule has 3 aromatic rings. The van der Waals surface area contributed by atoms with E-state index in [0.717, 1.165) is 42.4 Å². The molecule has 1 atom stereocenters. The summed E-state index contributed by atoms with van der Waals surface area (Å²) in [4.78, 5) is 33.3. The predicted octanol–water partition coefficient (Wildman–Crippen LogP) is 3.76. The molecule has 3 amide bonds. The molecule has 3 heterocycles. The highest BCUT2D eigenvalue weighted by atomic mass is 16.5. The first-order chi connectivity index (χ1) is 17.5. The van der Waals surface area contributed by atoms with Gasteiger partial charge in [0.2, 0.25) is 0 Å². The maximum atomic E-state index is 14.0. The van der Waals surface area contributed by atoms with E-state index in [1.165, 1.54) is 4.90 Å². The lowest BCUT2D eigenvalue weighted by atomic mass is 9.85. The molecule has 0 radical (unpaired) electrons. The van der Waals surface area contributed by atoms with Crippen molar-refractivity contribution in [2.75, 3.05) is 33.4 Å². The van der Waals surface area contributed by atoms with Crippen molar-refractivity contribution in [1.82, 2.24) is 24.5 Å². The fourth-order valence-corrected chi connectivity index (χ4v) is 5.77. The molecule has 190 valence electrons. The number of carbonyl (C=O) groups is 2. The Hall–Kier alpha value is -3.23. The maximum absolute atomic E-state index is 14.0. The summed E-state index contributed by atoms with van der Waals surface area (Å²) in [5.74, 6) is -0.0691. The van der Waals surface area contributed by atoms with Crippen LogP contribution in [0.3, 0.4) is 0 Å². The predicted molar refractivity (Wildman–Crippen MR) is 138 cm³/mol. The Bertz CT molecular complexity index is 1200. The summed E-state index contributed by atoms with van der Waals surface area (Å²) in [6, 6.07) is 16.3. The summed E-state index contributed by atoms with van der Waals surface area (Å²) in [7, 11) is 1.63. The van der Waals surface area contributed by atoms with Crippen LogP contribution >= 0.6 is 0 Å². The van der Waals surface area contributed by atoms with Crippen molar-refractivity contribution in [2.45, 2.75) is 50.9 Å². The molecular weight excluding hydrogens is 454 g/mol. The van der Waals surface area contributed by atoms with Gasteiger partial charge >= 0.3 is 6.03 Å². The number of aryl methyl sites for hydroxylation is 1. The average molecular weight is 490 g/mol. The normalized spacial score (nSPS) is 19.1. The largest absolute Gasteiger partial charge is 0.383 e. The number of nitrogens with zero attached hydrogens (tertiary/aromatic N) is 5. The Balaban J connectivity index is 1.33. The number of carbonyl (C=O) groups excluding carboxylic acids is 2. The van der Waals surface area contributed by atoms with Crippen molar-refractivity contribution in [1.29, 1.82) is 0 Å². The van der Waals surface area contributed by atoms with Gasteiger partial charge in [0.15, 0.2) is 0 Å². The Morgan fingerprint density at radius 1 is 1.03 bits per heavy atom. The molecule has 0 N–H and O–H groups in total. The molecule has 1 aromatic heterocycles. The zero-order chi connectivity index (χ0) is 25.1. The number of urea groups is 1. The molecule has 8 heteroatoms. The number of methoxy groups -OCH3 is 1. The molecule has 2 fully saturated rings. The van der Waals surface area contributed by atoms with Crippen molar-refractivity contribution >= 4 is 22.7 Å². The van der Waals surface area contributed by atoms with Crippen molar-refractivity contribution in [3.8, 4) is 0 Å². The van der Waals surface area contributed by atoms with Gasteiger partial charge in [-0.1, -0.05) is 42.5 Å². The van der Waals surface area contributed by atoms with Crippen LogP contribution in [0.25, 0.3) is 10.8 Å². The lowest BCUT2D eigenvalue weighted by Crippen LogP contribution is -2.58. The van der Waals surface area contributed by atoms with Gasteiger partial charge in [0, 0.05) is 51.7 Å². The van der Waals surface area contributed by atoms with Crippen molar-refractivity contribution in [2.24, 2.45) is 0 Å². The number of amides is 3. The minimum Gasteiger partial charge on any atom is -0.383 e. The second-order valence-corrected chi connectivity index (χ2v) is 9.93. The van der Waals surface area contributed by atoms with E-state index in [9.17, 15) is 9.59 Å². The smallest absolute Gasteiger partial charge is 0.328 e. The third-order valence-corrected chi connectivity index (χ3v) is 7.93. The molecular formula is C28H35N5O3. The first-order valence-electron chi connectivity index (χ1n) is 12.8. The molecule has 2 aromatic carbocycles. The van der Waals surface area contributed by atoms with E-state index >= 15 is 0 Å². The minimum atomic E-state index is -0.793. The van der Waals surface area contributed by atoms with Gasteiger partial charge in [-0.15, -0.1) is 0 Å². The van der Waals surface area contributed by atoms with Gasteiger partial charge in [-0.25, -0.2) is 4.79 Å². The number of benzene rings is 2. The van der Waals surface area contributed by atoms with Gasteiger partial charge in [0.1, 0.15) is 5.54 Å². The number of aromatic nitrogens is 2. The molecule has 1 spiro atoms. The minimum absolute atomic E-state index is 0.0691. The van der Waals surface area contributed by atoms with Crippen molar-refractivity contribution in [3.63, 3.8) is 0 Å². The Morgan fingerprint density at radius 3 is 2.56 bits per heavy atom. The topological polar surface area (TPSA) is 70.9 Å². The van der Waals surface area contributed by atoms with Gasteiger partial charge in [-0.2, -0.15) is 5.10 Å². The number of imide groups is 1. The molecule has 2 saturated heterocycles. The van der Waals surface area contributed by atoms with E-state index < -0.39 is 5.54 Å². The number of ether oxygens (including phenoxy) is 1. The van der Waals surface area contributed by atoms with E-state index in [0.29, 0.717) is 32.0 Å². The van der Waals surface area contributed by atoms with Crippen LogP contribution in [0.2, 0.25) is 0 Å². The Labute approximate surface area is 212 Å². The average Bonchev–Trinajstić information content (AvgIpc) is 3.49. The second-order valence-electron chi connectivity index (χ2n) is 9.93. The number of hydrogen-bond acceptors (Lipinski definition) is 5. The van der Waals surface area contributed by atoms with Gasteiger partial charge in [0.05, 0.1) is 13.2 Å². The van der Waals surface area contributed by atoms with E-state index in [1.54, 1.807) is 18.2 Å². The Kier molecular flexibility index (Phi) is 7.07. The van der Waals surface area contributed by atoms with Gasteiger partial charge in [0.25, 0.3) is 5.91 Å². The van der Waals surface area contributed by atoms with Crippen LogP contribution in [0, 0.1) is 0 Å². The van der Waals surface area contributed by atoms with Crippen LogP contribution in [-0.2, 0) is 22.6 Å². The lowest BCUT2D eigenvalue weighted by molar-refractivity contribution is -0.136. The molecule has 0 saturated carbocycles. The zero-order valence-electron chi connectivity index (χ0n) is 21.2. The highest BCUT2D eigenvalue weighted by molar-refractivity contribution is 6.07. The molecule has 0 bridgehead atoms. The number of hydrogen-bond donors (Lipinski definition) is 0. The van der Waals surface area contributed by atoms with Gasteiger partial charge in [-0.3, -0.25) is 14.4 Å². The summed E-state index contributed by atoms with van der Waals surface area (Å²) in [5, 5.41) is 6.49. The van der Waals surface area contributed by atoms with Crippen LogP contribution in [0.1, 0.15) is 31.7 Å². The van der Waals surface area contributed by atoms with Gasteiger partial charge in [-0.05, 0) is 48.6 Å². The maximum Gasteiger partial charge on any atom is 0.328 e. The van der Waals surface area contributed by atoms with Crippen molar-refractivity contribution < 1.29 is 14.3 Å². The van der Waals surface area contributed by atoms with E-state index in [4.69, 9.17) is 4.74 Å². The van der Waals surface area contributed by atoms with Crippen molar-refractivity contribution in [3.05, 3.63) is 66.5 Å². The van der Waals surface area contributed by atoms with Crippen LogP contribution in [0.4, 0.5) is 4.79 Å². The fourth-order valence-electron chi connectivity index (χ4n) is 5.77. The summed E-state index contributed by atoms with van der Waals surface area (Å²) in [6.45, 7) is 5.78. The summed E-state index contributed by atoms with van der Waals surface area (Å²) < 4.78 is 7.27.